The standard InChI is InChI=1S/C10H9F3N4O2/c1-5-7(9(18)19)8(16(2)14-5)17-4-3-6(15-17)10(11,12)13/h3-4H,1-2H3,(H,18,19). The first-order valence-electron chi connectivity index (χ1n) is 5.12. The van der Waals surface area contributed by atoms with Gasteiger partial charge in [0.1, 0.15) is 5.56 Å². The predicted octanol–water partition coefficient (Wildman–Crippen LogP) is 1.63. The fraction of sp³-hybridized carbons (Fsp3) is 0.300. The first-order valence-corrected chi connectivity index (χ1v) is 5.12. The molecule has 2 heterocycles. The number of aromatic nitrogens is 4. The van der Waals surface area contributed by atoms with Crippen molar-refractivity contribution in [3.63, 3.8) is 0 Å². The van der Waals surface area contributed by atoms with Crippen molar-refractivity contribution in [3.8, 4) is 5.82 Å². The van der Waals surface area contributed by atoms with Crippen molar-refractivity contribution in [2.45, 2.75) is 13.1 Å². The van der Waals surface area contributed by atoms with Gasteiger partial charge in [-0.3, -0.25) is 0 Å². The van der Waals surface area contributed by atoms with E-state index in [2.05, 4.69) is 10.2 Å². The van der Waals surface area contributed by atoms with Crippen molar-refractivity contribution in [1.82, 2.24) is 19.6 Å². The van der Waals surface area contributed by atoms with Crippen molar-refractivity contribution in [2.24, 2.45) is 7.05 Å². The molecule has 6 nitrogen and oxygen atoms in total. The lowest BCUT2D eigenvalue weighted by Crippen LogP contribution is -2.11. The molecule has 0 fully saturated rings. The molecule has 2 aromatic rings. The van der Waals surface area contributed by atoms with E-state index in [0.29, 0.717) is 0 Å². The molecule has 2 rings (SSSR count). The third-order valence-corrected chi connectivity index (χ3v) is 2.50. The number of carbonyl (C=O) groups is 1. The van der Waals surface area contributed by atoms with Gasteiger partial charge < -0.3 is 5.11 Å². The zero-order chi connectivity index (χ0) is 14.4. The normalized spacial score (nSPS) is 11.8. The second-order valence-corrected chi connectivity index (χ2v) is 3.86. The fourth-order valence-corrected chi connectivity index (χ4v) is 1.75. The summed E-state index contributed by atoms with van der Waals surface area (Å²) in [5.74, 6) is -1.30. The number of aromatic carboxylic acids is 1. The Morgan fingerprint density at radius 1 is 1.37 bits per heavy atom. The lowest BCUT2D eigenvalue weighted by molar-refractivity contribution is -0.141. The maximum Gasteiger partial charge on any atom is 0.435 e. The summed E-state index contributed by atoms with van der Waals surface area (Å²) in [5, 5.41) is 16.3. The van der Waals surface area contributed by atoms with Gasteiger partial charge in [0.15, 0.2) is 11.5 Å². The molecule has 0 saturated carbocycles. The number of carboxylic acid groups (broad SMARTS) is 1. The lowest BCUT2D eigenvalue weighted by Gasteiger charge is -2.04. The zero-order valence-electron chi connectivity index (χ0n) is 9.93. The van der Waals surface area contributed by atoms with Crippen molar-refractivity contribution < 1.29 is 23.1 Å². The van der Waals surface area contributed by atoms with Crippen LogP contribution in [0.2, 0.25) is 0 Å². The predicted molar refractivity (Wildman–Crippen MR) is 57.0 cm³/mol. The van der Waals surface area contributed by atoms with Crippen LogP contribution in [0.3, 0.4) is 0 Å². The molecule has 0 aliphatic rings. The lowest BCUT2D eigenvalue weighted by atomic mass is 10.2. The average molecular weight is 274 g/mol. The Kier molecular flexibility index (Phi) is 2.84. The molecule has 2 aromatic heterocycles. The van der Waals surface area contributed by atoms with Gasteiger partial charge in [-0.1, -0.05) is 0 Å². The molecule has 0 unspecified atom stereocenters. The van der Waals surface area contributed by atoms with E-state index in [4.69, 9.17) is 5.11 Å². The molecule has 0 aliphatic carbocycles. The van der Waals surface area contributed by atoms with Crippen molar-refractivity contribution in [1.29, 1.82) is 0 Å². The third-order valence-electron chi connectivity index (χ3n) is 2.50. The highest BCUT2D eigenvalue weighted by Gasteiger charge is 2.34. The number of nitrogens with zero attached hydrogens (tertiary/aromatic N) is 4. The molecule has 0 saturated heterocycles. The zero-order valence-corrected chi connectivity index (χ0v) is 9.93. The van der Waals surface area contributed by atoms with E-state index in [-0.39, 0.29) is 17.1 Å². The van der Waals surface area contributed by atoms with Gasteiger partial charge in [0.25, 0.3) is 0 Å². The van der Waals surface area contributed by atoms with Gasteiger partial charge >= 0.3 is 12.1 Å². The monoisotopic (exact) mass is 274 g/mol. The first-order chi connectivity index (χ1) is 8.71. The van der Waals surface area contributed by atoms with Crippen LogP contribution in [-0.4, -0.2) is 30.6 Å². The van der Waals surface area contributed by atoms with Gasteiger partial charge in [-0.15, -0.1) is 0 Å². The van der Waals surface area contributed by atoms with Crippen molar-refractivity contribution >= 4 is 5.97 Å². The minimum absolute atomic E-state index is 0.0273. The molecular formula is C10H9F3N4O2. The molecule has 1 N–H and O–H groups in total. The Hall–Kier alpha value is -2.32. The minimum atomic E-state index is -4.58. The quantitative estimate of drug-likeness (QED) is 0.903. The first kappa shape index (κ1) is 13.1. The summed E-state index contributed by atoms with van der Waals surface area (Å²) in [6.45, 7) is 1.46. The number of halogens is 3. The summed E-state index contributed by atoms with van der Waals surface area (Å²) in [6, 6.07) is 0.772. The van der Waals surface area contributed by atoms with Gasteiger partial charge in [-0.2, -0.15) is 23.4 Å². The summed E-state index contributed by atoms with van der Waals surface area (Å²) in [4.78, 5) is 11.1. The molecule has 0 spiro atoms. The van der Waals surface area contributed by atoms with Gasteiger partial charge in [-0.25, -0.2) is 14.2 Å². The number of hydrogen-bond donors (Lipinski definition) is 1. The molecular weight excluding hydrogens is 265 g/mol. The van der Waals surface area contributed by atoms with Crippen LogP contribution < -0.4 is 0 Å². The second-order valence-electron chi connectivity index (χ2n) is 3.86. The molecule has 0 aromatic carbocycles. The maximum absolute atomic E-state index is 12.5. The minimum Gasteiger partial charge on any atom is -0.477 e. The molecule has 19 heavy (non-hydrogen) atoms. The van der Waals surface area contributed by atoms with E-state index in [0.717, 1.165) is 16.9 Å². The van der Waals surface area contributed by atoms with Crippen molar-refractivity contribution in [3.05, 3.63) is 29.2 Å². The van der Waals surface area contributed by atoms with Crippen LogP contribution in [0.1, 0.15) is 21.7 Å². The number of rotatable bonds is 2. The summed E-state index contributed by atoms with van der Waals surface area (Å²) < 4.78 is 39.4. The van der Waals surface area contributed by atoms with Crippen LogP contribution in [0.5, 0.6) is 0 Å². The molecule has 0 radical (unpaired) electrons. The summed E-state index contributed by atoms with van der Waals surface area (Å²) >= 11 is 0. The van der Waals surface area contributed by atoms with Crippen molar-refractivity contribution in [2.75, 3.05) is 0 Å². The molecule has 102 valence electrons. The van der Waals surface area contributed by atoms with Crippen LogP contribution in [0, 0.1) is 6.92 Å². The number of alkyl halides is 3. The van der Waals surface area contributed by atoms with Gasteiger partial charge in [0.05, 0.1) is 5.69 Å². The Balaban J connectivity index is 2.60. The number of aryl methyl sites for hydroxylation is 2. The highest BCUT2D eigenvalue weighted by atomic mass is 19.4. The van der Waals surface area contributed by atoms with Gasteiger partial charge in [0, 0.05) is 13.2 Å². The van der Waals surface area contributed by atoms with Crippen LogP contribution in [0.25, 0.3) is 5.82 Å². The second kappa shape index (κ2) is 4.11. The van der Waals surface area contributed by atoms with E-state index in [9.17, 15) is 18.0 Å². The Morgan fingerprint density at radius 3 is 2.47 bits per heavy atom. The van der Waals surface area contributed by atoms with E-state index >= 15 is 0 Å². The molecule has 0 amide bonds. The SMILES string of the molecule is Cc1nn(C)c(-n2ccc(C(F)(F)F)n2)c1C(=O)O. The summed E-state index contributed by atoms with van der Waals surface area (Å²) in [7, 11) is 1.43. The van der Waals surface area contributed by atoms with E-state index in [1.165, 1.54) is 18.7 Å². The fourth-order valence-electron chi connectivity index (χ4n) is 1.75. The molecule has 0 bridgehead atoms. The van der Waals surface area contributed by atoms with Crippen LogP contribution in [-0.2, 0) is 13.2 Å². The van der Waals surface area contributed by atoms with Crippen LogP contribution in [0.15, 0.2) is 12.3 Å². The smallest absolute Gasteiger partial charge is 0.435 e. The Labute approximate surface area is 105 Å². The topological polar surface area (TPSA) is 72.9 Å². The summed E-state index contributed by atoms with van der Waals surface area (Å²) in [6.07, 6.45) is -3.53. The van der Waals surface area contributed by atoms with E-state index in [1.54, 1.807) is 0 Å². The Bertz CT molecular complexity index is 642. The van der Waals surface area contributed by atoms with Gasteiger partial charge in [-0.05, 0) is 13.0 Å². The number of carboxylic acids is 1. The molecule has 9 heteroatoms. The molecule has 0 aliphatic heterocycles. The maximum atomic E-state index is 12.5. The molecule has 0 atom stereocenters. The van der Waals surface area contributed by atoms with E-state index < -0.39 is 17.8 Å². The summed E-state index contributed by atoms with van der Waals surface area (Å²) in [5.41, 5.74) is -1.07. The highest BCUT2D eigenvalue weighted by molar-refractivity contribution is 5.92. The number of hydrogen-bond acceptors (Lipinski definition) is 3. The van der Waals surface area contributed by atoms with E-state index in [1.807, 2.05) is 0 Å². The van der Waals surface area contributed by atoms with Crippen LogP contribution >= 0.6 is 0 Å². The van der Waals surface area contributed by atoms with Gasteiger partial charge in [0.2, 0.25) is 0 Å². The highest BCUT2D eigenvalue weighted by Crippen LogP contribution is 2.28. The third kappa shape index (κ3) is 2.18. The van der Waals surface area contributed by atoms with Crippen LogP contribution in [0.4, 0.5) is 13.2 Å². The Morgan fingerprint density at radius 2 is 2.00 bits per heavy atom. The largest absolute Gasteiger partial charge is 0.477 e. The average Bonchev–Trinajstić information content (AvgIpc) is 2.81.